The fourth-order valence-corrected chi connectivity index (χ4v) is 0.500. The summed E-state index contributed by atoms with van der Waals surface area (Å²) in [5, 5.41) is 1.82. The standard InChI is InChI=1S/C6H10NO/c1-2-6-8-7-4-3-5-7/h2,4H,1,3,5-6H2. The van der Waals surface area contributed by atoms with Gasteiger partial charge in [-0.05, 0) is 6.42 Å². The zero-order valence-corrected chi connectivity index (χ0v) is 4.84. The summed E-state index contributed by atoms with van der Waals surface area (Å²) in [6.07, 6.45) is 2.89. The number of hydrogen-bond donors (Lipinski definition) is 0. The van der Waals surface area contributed by atoms with E-state index >= 15 is 0 Å². The summed E-state index contributed by atoms with van der Waals surface area (Å²) in [6.45, 7) is 7.20. The molecule has 8 heavy (non-hydrogen) atoms. The van der Waals surface area contributed by atoms with Gasteiger partial charge in [0.15, 0.2) is 0 Å². The Bertz CT molecular complexity index is 78.6. The normalized spacial score (nSPS) is 20.0. The van der Waals surface area contributed by atoms with Gasteiger partial charge >= 0.3 is 0 Å². The molecule has 0 amide bonds. The Morgan fingerprint density at radius 1 is 1.88 bits per heavy atom. The van der Waals surface area contributed by atoms with Gasteiger partial charge in [-0.2, -0.15) is 5.06 Å². The molecule has 0 bridgehead atoms. The highest BCUT2D eigenvalue weighted by Gasteiger charge is 2.13. The molecule has 0 aliphatic carbocycles. The molecule has 0 N–H and O–H groups in total. The Morgan fingerprint density at radius 2 is 2.62 bits per heavy atom. The first-order valence-corrected chi connectivity index (χ1v) is 2.77. The summed E-state index contributed by atoms with van der Waals surface area (Å²) < 4.78 is 0. The molecule has 0 aromatic heterocycles. The van der Waals surface area contributed by atoms with E-state index in [1.807, 2.05) is 11.6 Å². The second kappa shape index (κ2) is 2.84. The van der Waals surface area contributed by atoms with E-state index in [9.17, 15) is 0 Å². The van der Waals surface area contributed by atoms with Crippen molar-refractivity contribution in [2.45, 2.75) is 6.42 Å². The average molecular weight is 112 g/mol. The Hall–Kier alpha value is -0.340. The maximum atomic E-state index is 5.09. The first-order chi connectivity index (χ1) is 3.93. The van der Waals surface area contributed by atoms with E-state index in [0.29, 0.717) is 6.61 Å². The van der Waals surface area contributed by atoms with Crippen LogP contribution >= 0.6 is 0 Å². The van der Waals surface area contributed by atoms with E-state index in [1.165, 1.54) is 0 Å². The Morgan fingerprint density at radius 3 is 3.00 bits per heavy atom. The van der Waals surface area contributed by atoms with Gasteiger partial charge in [0.05, 0.1) is 13.2 Å². The van der Waals surface area contributed by atoms with Crippen LogP contribution in [-0.2, 0) is 4.84 Å². The van der Waals surface area contributed by atoms with Crippen molar-refractivity contribution in [2.24, 2.45) is 0 Å². The highest BCUT2D eigenvalue weighted by molar-refractivity contribution is 4.74. The summed E-state index contributed by atoms with van der Waals surface area (Å²) in [5.74, 6) is 0. The van der Waals surface area contributed by atoms with E-state index in [1.54, 1.807) is 6.08 Å². The molecule has 2 heteroatoms. The molecule has 0 unspecified atom stereocenters. The van der Waals surface area contributed by atoms with Gasteiger partial charge in [-0.3, -0.25) is 4.84 Å². The predicted molar refractivity (Wildman–Crippen MR) is 31.8 cm³/mol. The second-order valence-electron chi connectivity index (χ2n) is 1.70. The van der Waals surface area contributed by atoms with Crippen molar-refractivity contribution < 1.29 is 4.84 Å². The molecule has 0 aromatic carbocycles. The minimum absolute atomic E-state index is 0.622. The maximum absolute atomic E-state index is 5.09. The number of nitrogens with zero attached hydrogens (tertiary/aromatic N) is 1. The van der Waals surface area contributed by atoms with Crippen LogP contribution in [0.25, 0.3) is 0 Å². The van der Waals surface area contributed by atoms with Crippen LogP contribution in [0.2, 0.25) is 0 Å². The monoisotopic (exact) mass is 112 g/mol. The smallest absolute Gasteiger partial charge is 0.0864 e. The average Bonchev–Trinajstić information content (AvgIpc) is 1.63. The second-order valence-corrected chi connectivity index (χ2v) is 1.70. The highest BCUT2D eigenvalue weighted by atomic mass is 16.7. The summed E-state index contributed by atoms with van der Waals surface area (Å²) >= 11 is 0. The number of hydrogen-bond acceptors (Lipinski definition) is 2. The molecular weight excluding hydrogens is 102 g/mol. The summed E-state index contributed by atoms with van der Waals surface area (Å²) in [4.78, 5) is 5.09. The third-order valence-electron chi connectivity index (χ3n) is 1.04. The van der Waals surface area contributed by atoms with Gasteiger partial charge in [-0.25, -0.2) is 0 Å². The Balaban J connectivity index is 1.93. The molecule has 1 saturated heterocycles. The van der Waals surface area contributed by atoms with Crippen LogP contribution in [0.5, 0.6) is 0 Å². The molecule has 1 heterocycles. The van der Waals surface area contributed by atoms with Gasteiger partial charge < -0.3 is 0 Å². The van der Waals surface area contributed by atoms with E-state index < -0.39 is 0 Å². The Labute approximate surface area is 49.7 Å². The molecule has 0 spiro atoms. The van der Waals surface area contributed by atoms with Gasteiger partial charge in [0, 0.05) is 6.54 Å². The lowest BCUT2D eigenvalue weighted by molar-refractivity contribution is -0.157. The van der Waals surface area contributed by atoms with E-state index in [-0.39, 0.29) is 0 Å². The van der Waals surface area contributed by atoms with Gasteiger partial charge in [-0.1, -0.05) is 6.08 Å². The predicted octanol–water partition coefficient (Wildman–Crippen LogP) is 0.971. The van der Waals surface area contributed by atoms with Crippen LogP contribution in [0.3, 0.4) is 0 Å². The quantitative estimate of drug-likeness (QED) is 0.504. The lowest BCUT2D eigenvalue weighted by Crippen LogP contribution is -2.32. The van der Waals surface area contributed by atoms with Crippen LogP contribution in [0.4, 0.5) is 0 Å². The zero-order chi connectivity index (χ0) is 5.82. The van der Waals surface area contributed by atoms with Crippen LogP contribution < -0.4 is 0 Å². The highest BCUT2D eigenvalue weighted by Crippen LogP contribution is 2.10. The molecule has 0 saturated carbocycles. The molecule has 1 radical (unpaired) electrons. The molecule has 1 rings (SSSR count). The first kappa shape index (κ1) is 5.79. The largest absolute Gasteiger partial charge is 0.295 e. The maximum Gasteiger partial charge on any atom is 0.0864 e. The molecule has 0 aromatic rings. The molecule has 1 aliphatic rings. The van der Waals surface area contributed by atoms with Gasteiger partial charge in [-0.15, -0.1) is 6.58 Å². The van der Waals surface area contributed by atoms with E-state index in [0.717, 1.165) is 13.0 Å². The summed E-state index contributed by atoms with van der Waals surface area (Å²) in [6, 6.07) is 0. The molecule has 1 aliphatic heterocycles. The molecule has 1 fully saturated rings. The number of rotatable bonds is 3. The minimum Gasteiger partial charge on any atom is -0.295 e. The zero-order valence-electron chi connectivity index (χ0n) is 4.84. The van der Waals surface area contributed by atoms with Crippen LogP contribution in [-0.4, -0.2) is 18.2 Å². The first-order valence-electron chi connectivity index (χ1n) is 2.77. The third-order valence-corrected chi connectivity index (χ3v) is 1.04. The van der Waals surface area contributed by atoms with Crippen molar-refractivity contribution in [3.8, 4) is 0 Å². The van der Waals surface area contributed by atoms with E-state index in [2.05, 4.69) is 6.58 Å². The minimum atomic E-state index is 0.622. The van der Waals surface area contributed by atoms with Gasteiger partial charge in [0.2, 0.25) is 0 Å². The van der Waals surface area contributed by atoms with Crippen molar-refractivity contribution in [2.75, 3.05) is 13.2 Å². The van der Waals surface area contributed by atoms with Gasteiger partial charge in [0.1, 0.15) is 0 Å². The van der Waals surface area contributed by atoms with Crippen molar-refractivity contribution in [3.63, 3.8) is 0 Å². The van der Waals surface area contributed by atoms with Crippen molar-refractivity contribution in [1.82, 2.24) is 5.06 Å². The molecule has 45 valence electrons. The molecule has 2 nitrogen and oxygen atoms in total. The van der Waals surface area contributed by atoms with Crippen molar-refractivity contribution >= 4 is 0 Å². The Kier molecular flexibility index (Phi) is 2.06. The fraction of sp³-hybridized carbons (Fsp3) is 0.500. The van der Waals surface area contributed by atoms with Gasteiger partial charge in [0.25, 0.3) is 0 Å². The summed E-state index contributed by atoms with van der Waals surface area (Å²) in [7, 11) is 0. The van der Waals surface area contributed by atoms with E-state index in [4.69, 9.17) is 4.84 Å². The SMILES string of the molecule is C=CCON1[CH]CC1. The van der Waals surface area contributed by atoms with Crippen molar-refractivity contribution in [1.29, 1.82) is 0 Å². The molecular formula is C6H10NO. The fourth-order valence-electron chi connectivity index (χ4n) is 0.500. The van der Waals surface area contributed by atoms with Crippen LogP contribution in [0, 0.1) is 6.54 Å². The number of hydroxylamine groups is 2. The molecule has 0 atom stereocenters. The third kappa shape index (κ3) is 1.32. The topological polar surface area (TPSA) is 12.5 Å². The van der Waals surface area contributed by atoms with Crippen LogP contribution in [0.1, 0.15) is 6.42 Å². The lowest BCUT2D eigenvalue weighted by atomic mass is 10.3. The summed E-state index contributed by atoms with van der Waals surface area (Å²) in [5.41, 5.74) is 0. The lowest BCUT2D eigenvalue weighted by Gasteiger charge is -2.27. The van der Waals surface area contributed by atoms with Crippen LogP contribution in [0.15, 0.2) is 12.7 Å². The van der Waals surface area contributed by atoms with Crippen molar-refractivity contribution in [3.05, 3.63) is 19.2 Å².